The van der Waals surface area contributed by atoms with Gasteiger partial charge in [-0.1, -0.05) is 0 Å². The highest BCUT2D eigenvalue weighted by Crippen LogP contribution is 2.25. The molecule has 1 aromatic carbocycles. The topological polar surface area (TPSA) is 94.1 Å². The van der Waals surface area contributed by atoms with Crippen molar-refractivity contribution >= 4 is 5.69 Å². The van der Waals surface area contributed by atoms with Crippen LogP contribution in [-0.2, 0) is 6.42 Å². The average Bonchev–Trinajstić information content (AvgIpc) is 3.14. The maximum atomic E-state index is 10.9. The summed E-state index contributed by atoms with van der Waals surface area (Å²) >= 11 is 0. The van der Waals surface area contributed by atoms with E-state index in [-0.39, 0.29) is 5.69 Å². The minimum Gasteiger partial charge on any atom is -0.421 e. The molecule has 1 fully saturated rings. The predicted octanol–water partition coefficient (Wildman–Crippen LogP) is 2.25. The van der Waals surface area contributed by atoms with Gasteiger partial charge in [-0.25, -0.2) is 0 Å². The smallest absolute Gasteiger partial charge is 0.270 e. The van der Waals surface area contributed by atoms with Gasteiger partial charge in [0.05, 0.1) is 4.92 Å². The van der Waals surface area contributed by atoms with E-state index in [1.54, 1.807) is 13.0 Å². The van der Waals surface area contributed by atoms with Crippen molar-refractivity contribution in [2.45, 2.75) is 32.2 Å². The van der Waals surface area contributed by atoms with Crippen LogP contribution in [0.1, 0.15) is 24.3 Å². The summed E-state index contributed by atoms with van der Waals surface area (Å²) in [5.41, 5.74) is 1.39. The Balaban J connectivity index is 1.73. The molecule has 21 heavy (non-hydrogen) atoms. The van der Waals surface area contributed by atoms with Crippen molar-refractivity contribution in [3.63, 3.8) is 0 Å². The summed E-state index contributed by atoms with van der Waals surface area (Å²) < 4.78 is 5.58. The number of nitrogens with one attached hydrogen (secondary N) is 1. The molecule has 1 aromatic heterocycles. The van der Waals surface area contributed by atoms with Crippen LogP contribution < -0.4 is 5.32 Å². The average molecular weight is 288 g/mol. The van der Waals surface area contributed by atoms with E-state index in [2.05, 4.69) is 15.5 Å². The molecule has 0 atom stereocenters. The maximum Gasteiger partial charge on any atom is 0.270 e. The number of hydrogen-bond donors (Lipinski definition) is 1. The number of benzene rings is 1. The Labute approximate surface area is 121 Å². The number of nitrogens with zero attached hydrogens (tertiary/aromatic N) is 3. The van der Waals surface area contributed by atoms with E-state index >= 15 is 0 Å². The van der Waals surface area contributed by atoms with E-state index in [1.807, 2.05) is 0 Å². The largest absolute Gasteiger partial charge is 0.421 e. The van der Waals surface area contributed by atoms with E-state index in [9.17, 15) is 10.1 Å². The molecule has 0 unspecified atom stereocenters. The van der Waals surface area contributed by atoms with Crippen molar-refractivity contribution in [3.8, 4) is 11.5 Å². The van der Waals surface area contributed by atoms with Gasteiger partial charge in [0, 0.05) is 36.7 Å². The van der Waals surface area contributed by atoms with Crippen molar-refractivity contribution in [2.75, 3.05) is 6.54 Å². The zero-order chi connectivity index (χ0) is 14.8. The van der Waals surface area contributed by atoms with Crippen molar-refractivity contribution in [2.24, 2.45) is 0 Å². The summed E-state index contributed by atoms with van der Waals surface area (Å²) in [6, 6.07) is 5.41. The zero-order valence-electron chi connectivity index (χ0n) is 11.7. The molecule has 1 aliphatic carbocycles. The third-order valence-electron chi connectivity index (χ3n) is 3.34. The first-order valence-electron chi connectivity index (χ1n) is 6.94. The Hall–Kier alpha value is -2.28. The highest BCUT2D eigenvalue weighted by Gasteiger charge is 2.20. The molecule has 1 heterocycles. The second-order valence-electron chi connectivity index (χ2n) is 5.29. The fourth-order valence-corrected chi connectivity index (χ4v) is 2.13. The van der Waals surface area contributed by atoms with E-state index in [1.165, 1.54) is 25.0 Å². The first-order chi connectivity index (χ1) is 10.1. The van der Waals surface area contributed by atoms with Crippen LogP contribution >= 0.6 is 0 Å². The van der Waals surface area contributed by atoms with Crippen LogP contribution in [0.5, 0.6) is 0 Å². The molecule has 3 rings (SSSR count). The summed E-state index contributed by atoms with van der Waals surface area (Å²) in [5, 5.41) is 22.2. The number of nitro benzene ring substituents is 1. The van der Waals surface area contributed by atoms with E-state index in [0.717, 1.165) is 12.1 Å². The lowest BCUT2D eigenvalue weighted by molar-refractivity contribution is -0.384. The Morgan fingerprint density at radius 1 is 1.38 bits per heavy atom. The van der Waals surface area contributed by atoms with Crippen LogP contribution in [-0.4, -0.2) is 27.7 Å². The molecule has 1 aliphatic rings. The molecule has 0 amide bonds. The monoisotopic (exact) mass is 288 g/mol. The Morgan fingerprint density at radius 3 is 2.90 bits per heavy atom. The molecule has 0 aliphatic heterocycles. The molecule has 0 saturated heterocycles. The van der Waals surface area contributed by atoms with E-state index in [0.29, 0.717) is 29.8 Å². The number of aryl methyl sites for hydroxylation is 1. The number of rotatable bonds is 6. The third kappa shape index (κ3) is 3.43. The van der Waals surface area contributed by atoms with Gasteiger partial charge in [0.25, 0.3) is 5.69 Å². The first-order valence-corrected chi connectivity index (χ1v) is 6.94. The number of hydrogen-bond acceptors (Lipinski definition) is 6. The summed E-state index contributed by atoms with van der Waals surface area (Å²) in [4.78, 5) is 10.5. The highest BCUT2D eigenvalue weighted by molar-refractivity contribution is 5.59. The van der Waals surface area contributed by atoms with Crippen LogP contribution in [0.3, 0.4) is 0 Å². The summed E-state index contributed by atoms with van der Waals surface area (Å²) in [6.07, 6.45) is 3.14. The minimum atomic E-state index is -0.423. The normalized spacial score (nSPS) is 14.3. The van der Waals surface area contributed by atoms with Gasteiger partial charge in [-0.15, -0.1) is 10.2 Å². The second-order valence-corrected chi connectivity index (χ2v) is 5.29. The van der Waals surface area contributed by atoms with Gasteiger partial charge >= 0.3 is 0 Å². The standard InChI is InChI=1S/C14H16N4O3/c1-9-6-10(8-12(7-9)18(19)20)14-17-16-13(21-14)4-5-15-11-2-3-11/h6-8,11,15H,2-5H2,1H3. The lowest BCUT2D eigenvalue weighted by atomic mass is 10.1. The SMILES string of the molecule is Cc1cc(-c2nnc(CCNC3CC3)o2)cc([N+](=O)[O-])c1. The number of non-ortho nitro benzene ring substituents is 1. The molecule has 2 aromatic rings. The van der Waals surface area contributed by atoms with Gasteiger partial charge in [0.1, 0.15) is 0 Å². The quantitative estimate of drug-likeness (QED) is 0.647. The molecule has 1 saturated carbocycles. The molecular formula is C14H16N4O3. The minimum absolute atomic E-state index is 0.0279. The molecular weight excluding hydrogens is 272 g/mol. The first kappa shape index (κ1) is 13.7. The Kier molecular flexibility index (Phi) is 3.66. The highest BCUT2D eigenvalue weighted by atomic mass is 16.6. The van der Waals surface area contributed by atoms with Crippen LogP contribution in [0.15, 0.2) is 22.6 Å². The van der Waals surface area contributed by atoms with Crippen molar-refractivity contribution in [1.29, 1.82) is 0 Å². The lowest BCUT2D eigenvalue weighted by Gasteiger charge is -1.99. The van der Waals surface area contributed by atoms with Crippen molar-refractivity contribution in [1.82, 2.24) is 15.5 Å². The fraction of sp³-hybridized carbons (Fsp3) is 0.429. The zero-order valence-corrected chi connectivity index (χ0v) is 11.7. The summed E-state index contributed by atoms with van der Waals surface area (Å²) in [6.45, 7) is 2.60. The van der Waals surface area contributed by atoms with Crippen LogP contribution in [0.4, 0.5) is 5.69 Å². The molecule has 1 N–H and O–H groups in total. The lowest BCUT2D eigenvalue weighted by Crippen LogP contribution is -2.19. The number of nitro groups is 1. The molecule has 7 heteroatoms. The molecule has 0 bridgehead atoms. The third-order valence-corrected chi connectivity index (χ3v) is 3.34. The van der Waals surface area contributed by atoms with Gasteiger partial charge < -0.3 is 9.73 Å². The number of aromatic nitrogens is 2. The summed E-state index contributed by atoms with van der Waals surface area (Å²) in [5.74, 6) is 0.866. The van der Waals surface area contributed by atoms with E-state index < -0.39 is 4.92 Å². The van der Waals surface area contributed by atoms with Gasteiger partial charge in [-0.3, -0.25) is 10.1 Å². The Morgan fingerprint density at radius 2 is 2.19 bits per heavy atom. The molecule has 110 valence electrons. The van der Waals surface area contributed by atoms with Gasteiger partial charge in [-0.05, 0) is 31.4 Å². The van der Waals surface area contributed by atoms with Crippen LogP contribution in [0, 0.1) is 17.0 Å². The molecule has 0 radical (unpaired) electrons. The maximum absolute atomic E-state index is 10.9. The predicted molar refractivity (Wildman–Crippen MR) is 75.9 cm³/mol. The van der Waals surface area contributed by atoms with Crippen LogP contribution in [0.2, 0.25) is 0 Å². The van der Waals surface area contributed by atoms with Crippen LogP contribution in [0.25, 0.3) is 11.5 Å². The van der Waals surface area contributed by atoms with Gasteiger partial charge in [0.2, 0.25) is 11.8 Å². The van der Waals surface area contributed by atoms with Crippen molar-refractivity contribution < 1.29 is 9.34 Å². The molecule has 0 spiro atoms. The Bertz CT molecular complexity index is 664. The van der Waals surface area contributed by atoms with Gasteiger partial charge in [0.15, 0.2) is 0 Å². The summed E-state index contributed by atoms with van der Waals surface area (Å²) in [7, 11) is 0. The second kappa shape index (κ2) is 5.61. The molecule has 7 nitrogen and oxygen atoms in total. The van der Waals surface area contributed by atoms with Gasteiger partial charge in [-0.2, -0.15) is 0 Å². The fourth-order valence-electron chi connectivity index (χ4n) is 2.13. The van der Waals surface area contributed by atoms with E-state index in [4.69, 9.17) is 4.42 Å². The van der Waals surface area contributed by atoms with Crippen molar-refractivity contribution in [3.05, 3.63) is 39.8 Å².